The van der Waals surface area contributed by atoms with Gasteiger partial charge in [-0.15, -0.1) is 0 Å². The highest BCUT2D eigenvalue weighted by Gasteiger charge is 2.15. The Morgan fingerprint density at radius 3 is 2.62 bits per heavy atom. The predicted molar refractivity (Wildman–Crippen MR) is 120 cm³/mol. The first-order valence-corrected chi connectivity index (χ1v) is 12.2. The van der Waals surface area contributed by atoms with Crippen molar-refractivity contribution in [3.8, 4) is 0 Å². The molecule has 6 heteroatoms. The van der Waals surface area contributed by atoms with Gasteiger partial charge in [-0.1, -0.05) is 32.1 Å². The van der Waals surface area contributed by atoms with Crippen molar-refractivity contribution in [2.24, 2.45) is 4.99 Å². The lowest BCUT2D eigenvalue weighted by atomic mass is 10.1. The van der Waals surface area contributed by atoms with Gasteiger partial charge in [0.15, 0.2) is 5.96 Å². The summed E-state index contributed by atoms with van der Waals surface area (Å²) < 4.78 is 6.07. The highest BCUT2D eigenvalue weighted by Crippen LogP contribution is 2.19. The average molecular weight is 409 g/mol. The van der Waals surface area contributed by atoms with Gasteiger partial charge in [0.1, 0.15) is 0 Å². The van der Waals surface area contributed by atoms with Crippen LogP contribution < -0.4 is 10.6 Å². The monoisotopic (exact) mass is 408 g/mol. The van der Waals surface area contributed by atoms with Crippen LogP contribution >= 0.6 is 0 Å². The maximum absolute atomic E-state index is 12.0. The van der Waals surface area contributed by atoms with Gasteiger partial charge in [0, 0.05) is 45.8 Å². The number of nitrogens with zero attached hydrogens (tertiary/aromatic N) is 2. The molecule has 1 heterocycles. The maximum atomic E-state index is 12.0. The van der Waals surface area contributed by atoms with Gasteiger partial charge in [-0.25, -0.2) is 0 Å². The first-order chi connectivity index (χ1) is 14.3. The Labute approximate surface area is 178 Å². The standard InChI is InChI=1S/C23H44N4O2/c1-2-24-23(26-17-12-19-27-18-10-5-8-15-22(27)28)25-16-9-11-20-29-21-13-6-3-4-7-14-21/h21H,2-20H2,1H3,(H2,24,25,26). The molecule has 1 saturated heterocycles. The molecule has 0 aromatic heterocycles. The number of ether oxygens (including phenoxy) is 1. The Hall–Kier alpha value is -1.30. The topological polar surface area (TPSA) is 66.0 Å². The Bertz CT molecular complexity index is 462. The number of hydrogen-bond acceptors (Lipinski definition) is 3. The molecule has 0 bridgehead atoms. The van der Waals surface area contributed by atoms with Gasteiger partial charge in [0.2, 0.25) is 5.91 Å². The second-order valence-corrected chi connectivity index (χ2v) is 8.42. The number of unbranched alkanes of at least 4 members (excludes halogenated alkanes) is 1. The Morgan fingerprint density at radius 1 is 1.03 bits per heavy atom. The molecule has 6 nitrogen and oxygen atoms in total. The van der Waals surface area contributed by atoms with Crippen molar-refractivity contribution in [3.05, 3.63) is 0 Å². The van der Waals surface area contributed by atoms with E-state index in [1.165, 1.54) is 44.9 Å². The lowest BCUT2D eigenvalue weighted by molar-refractivity contribution is -0.130. The van der Waals surface area contributed by atoms with Crippen molar-refractivity contribution in [3.63, 3.8) is 0 Å². The van der Waals surface area contributed by atoms with Gasteiger partial charge in [0.05, 0.1) is 6.10 Å². The minimum atomic E-state index is 0.322. The number of hydrogen-bond donors (Lipinski definition) is 2. The second-order valence-electron chi connectivity index (χ2n) is 8.42. The number of likely N-dealkylation sites (tertiary alicyclic amines) is 1. The summed E-state index contributed by atoms with van der Waals surface area (Å²) in [6.45, 7) is 7.26. The summed E-state index contributed by atoms with van der Waals surface area (Å²) in [5.41, 5.74) is 0. The largest absolute Gasteiger partial charge is 0.378 e. The SMILES string of the molecule is CCNC(=NCCCN1CCCCCC1=O)NCCCCOC1CCCCCC1. The molecule has 1 amide bonds. The molecular weight excluding hydrogens is 364 g/mol. The maximum Gasteiger partial charge on any atom is 0.222 e. The van der Waals surface area contributed by atoms with Crippen LogP contribution in [0.25, 0.3) is 0 Å². The molecule has 29 heavy (non-hydrogen) atoms. The highest BCUT2D eigenvalue weighted by molar-refractivity contribution is 5.79. The predicted octanol–water partition coefficient (Wildman–Crippen LogP) is 3.85. The van der Waals surface area contributed by atoms with Crippen LogP contribution in [0.15, 0.2) is 4.99 Å². The smallest absolute Gasteiger partial charge is 0.222 e. The zero-order valence-electron chi connectivity index (χ0n) is 18.7. The molecule has 1 saturated carbocycles. The van der Waals surface area contributed by atoms with Gasteiger partial charge in [-0.05, 0) is 51.9 Å². The van der Waals surface area contributed by atoms with Crippen molar-refractivity contribution in [1.82, 2.24) is 15.5 Å². The van der Waals surface area contributed by atoms with Crippen LogP contribution in [-0.2, 0) is 9.53 Å². The summed E-state index contributed by atoms with van der Waals surface area (Å²) in [6.07, 6.45) is 15.6. The average Bonchev–Trinajstić information content (AvgIpc) is 3.10. The lowest BCUT2D eigenvalue weighted by Crippen LogP contribution is -2.38. The normalized spacial score (nSPS) is 19.7. The third kappa shape index (κ3) is 10.9. The quantitative estimate of drug-likeness (QED) is 0.236. The number of rotatable bonds is 11. The summed E-state index contributed by atoms with van der Waals surface area (Å²) in [7, 11) is 0. The Morgan fingerprint density at radius 2 is 1.83 bits per heavy atom. The van der Waals surface area contributed by atoms with Gasteiger partial charge in [0.25, 0.3) is 0 Å². The van der Waals surface area contributed by atoms with E-state index in [1.54, 1.807) is 0 Å². The minimum Gasteiger partial charge on any atom is -0.378 e. The fraction of sp³-hybridized carbons (Fsp3) is 0.913. The number of carbonyl (C=O) groups is 1. The molecule has 168 valence electrons. The van der Waals surface area contributed by atoms with E-state index in [0.29, 0.717) is 12.0 Å². The number of amides is 1. The van der Waals surface area contributed by atoms with Crippen LogP contribution in [0.4, 0.5) is 0 Å². The first-order valence-electron chi connectivity index (χ1n) is 12.2. The van der Waals surface area contributed by atoms with Crippen molar-refractivity contribution in [2.45, 2.75) is 96.5 Å². The van der Waals surface area contributed by atoms with Crippen LogP contribution in [0.5, 0.6) is 0 Å². The van der Waals surface area contributed by atoms with Crippen molar-refractivity contribution in [1.29, 1.82) is 0 Å². The zero-order valence-corrected chi connectivity index (χ0v) is 18.7. The summed E-state index contributed by atoms with van der Waals surface area (Å²) >= 11 is 0. The van der Waals surface area contributed by atoms with E-state index in [1.807, 2.05) is 4.90 Å². The van der Waals surface area contributed by atoms with Crippen molar-refractivity contribution in [2.75, 3.05) is 39.3 Å². The molecule has 0 unspecified atom stereocenters. The number of carbonyl (C=O) groups excluding carboxylic acids is 1. The summed E-state index contributed by atoms with van der Waals surface area (Å²) in [6, 6.07) is 0. The molecule has 1 aliphatic carbocycles. The van der Waals surface area contributed by atoms with Gasteiger partial charge in [-0.3, -0.25) is 9.79 Å². The van der Waals surface area contributed by atoms with Crippen LogP contribution in [0.2, 0.25) is 0 Å². The van der Waals surface area contributed by atoms with Crippen LogP contribution in [0.3, 0.4) is 0 Å². The van der Waals surface area contributed by atoms with E-state index in [-0.39, 0.29) is 0 Å². The molecule has 2 rings (SSSR count). The Balaban J connectivity index is 1.55. The third-order valence-corrected chi connectivity index (χ3v) is 5.89. The summed E-state index contributed by atoms with van der Waals surface area (Å²) in [4.78, 5) is 18.7. The fourth-order valence-corrected chi connectivity index (χ4v) is 4.16. The molecule has 0 atom stereocenters. The summed E-state index contributed by atoms with van der Waals surface area (Å²) in [5, 5.41) is 6.75. The first kappa shape index (κ1) is 24.0. The minimum absolute atomic E-state index is 0.322. The van der Waals surface area contributed by atoms with E-state index in [0.717, 1.165) is 83.8 Å². The van der Waals surface area contributed by atoms with Crippen LogP contribution in [0.1, 0.15) is 90.4 Å². The summed E-state index contributed by atoms with van der Waals surface area (Å²) in [5.74, 6) is 1.21. The van der Waals surface area contributed by atoms with E-state index in [9.17, 15) is 4.79 Å². The fourth-order valence-electron chi connectivity index (χ4n) is 4.16. The zero-order chi connectivity index (χ0) is 20.6. The van der Waals surface area contributed by atoms with Crippen molar-refractivity contribution >= 4 is 11.9 Å². The van der Waals surface area contributed by atoms with E-state index < -0.39 is 0 Å². The van der Waals surface area contributed by atoms with E-state index >= 15 is 0 Å². The lowest BCUT2D eigenvalue weighted by Gasteiger charge is -2.20. The van der Waals surface area contributed by atoms with Gasteiger partial charge >= 0.3 is 0 Å². The third-order valence-electron chi connectivity index (χ3n) is 5.89. The molecule has 1 aliphatic heterocycles. The molecule has 0 aromatic carbocycles. The molecule has 2 N–H and O–H groups in total. The van der Waals surface area contributed by atoms with Crippen LogP contribution in [0, 0.1) is 0 Å². The van der Waals surface area contributed by atoms with Gasteiger partial charge < -0.3 is 20.3 Å². The highest BCUT2D eigenvalue weighted by atomic mass is 16.5. The molecule has 0 radical (unpaired) electrons. The second kappa shape index (κ2) is 15.5. The number of guanidine groups is 1. The number of aliphatic imine (C=N–C) groups is 1. The Kier molecular flexibility index (Phi) is 12.8. The van der Waals surface area contributed by atoms with E-state index in [2.05, 4.69) is 22.5 Å². The number of nitrogens with one attached hydrogen (secondary N) is 2. The van der Waals surface area contributed by atoms with Gasteiger partial charge in [-0.2, -0.15) is 0 Å². The molecular formula is C23H44N4O2. The van der Waals surface area contributed by atoms with E-state index in [4.69, 9.17) is 4.74 Å². The van der Waals surface area contributed by atoms with Crippen LogP contribution in [-0.4, -0.2) is 62.2 Å². The molecule has 0 aromatic rings. The molecule has 2 fully saturated rings. The van der Waals surface area contributed by atoms with Crippen molar-refractivity contribution < 1.29 is 9.53 Å². The molecule has 2 aliphatic rings. The molecule has 0 spiro atoms.